The first-order chi connectivity index (χ1) is 11.5. The smallest absolute Gasteiger partial charge is 0.171 e. The molecule has 0 aliphatic carbocycles. The van der Waals surface area contributed by atoms with Crippen LogP contribution in [-0.2, 0) is 17.8 Å². The maximum absolute atomic E-state index is 14.4. The first-order valence-electron chi connectivity index (χ1n) is 7.67. The Hall–Kier alpha value is -1.83. The van der Waals surface area contributed by atoms with Gasteiger partial charge >= 0.3 is 0 Å². The van der Waals surface area contributed by atoms with Crippen LogP contribution in [0.2, 0.25) is 0 Å². The Morgan fingerprint density at radius 3 is 2.68 bits per heavy atom. The molecule has 0 aromatic heterocycles. The summed E-state index contributed by atoms with van der Waals surface area (Å²) in [6.07, 6.45) is 0.265. The molecule has 2 atom stereocenters. The maximum atomic E-state index is 14.4. The first kappa shape index (κ1) is 19.5. The number of fused-ring (bicyclic) bond motifs is 1. The SMILES string of the molecule is CC(=N[S@+]([O-])C(C)(C)C)c1c(F)c(F)cc2c1O[C@@](C)(CN=[N+]=[N-])C2. The van der Waals surface area contributed by atoms with Crippen molar-refractivity contribution < 1.29 is 18.1 Å². The third kappa shape index (κ3) is 4.05. The minimum absolute atomic E-state index is 0.0188. The molecule has 9 heteroatoms. The van der Waals surface area contributed by atoms with Crippen LogP contribution in [0.1, 0.15) is 45.7 Å². The fourth-order valence-electron chi connectivity index (χ4n) is 2.49. The van der Waals surface area contributed by atoms with Gasteiger partial charge in [-0.2, -0.15) is 0 Å². The highest BCUT2D eigenvalue weighted by Crippen LogP contribution is 2.40. The molecular formula is C16H20F2N4O2S. The van der Waals surface area contributed by atoms with Crippen LogP contribution >= 0.6 is 0 Å². The Morgan fingerprint density at radius 1 is 1.48 bits per heavy atom. The van der Waals surface area contributed by atoms with E-state index in [2.05, 4.69) is 14.4 Å². The van der Waals surface area contributed by atoms with E-state index in [9.17, 15) is 13.3 Å². The molecule has 0 saturated carbocycles. The molecule has 0 radical (unpaired) electrons. The second kappa shape index (κ2) is 6.82. The van der Waals surface area contributed by atoms with Crippen molar-refractivity contribution in [3.8, 4) is 5.75 Å². The second-order valence-corrected chi connectivity index (χ2v) is 9.10. The van der Waals surface area contributed by atoms with E-state index in [1.54, 1.807) is 27.7 Å². The van der Waals surface area contributed by atoms with Crippen LogP contribution in [0.4, 0.5) is 8.78 Å². The summed E-state index contributed by atoms with van der Waals surface area (Å²) < 4.78 is 49.9. The molecule has 0 spiro atoms. The zero-order valence-electron chi connectivity index (χ0n) is 14.8. The maximum Gasteiger partial charge on any atom is 0.171 e. The number of ether oxygens (including phenoxy) is 1. The van der Waals surface area contributed by atoms with Gasteiger partial charge in [0.05, 0.1) is 12.1 Å². The molecule has 6 nitrogen and oxygen atoms in total. The molecule has 1 aromatic carbocycles. The average molecular weight is 370 g/mol. The molecule has 0 fully saturated rings. The quantitative estimate of drug-likeness (QED) is 0.261. The van der Waals surface area contributed by atoms with Gasteiger partial charge in [-0.15, -0.1) is 0 Å². The third-order valence-electron chi connectivity index (χ3n) is 3.74. The van der Waals surface area contributed by atoms with Crippen molar-refractivity contribution in [2.75, 3.05) is 6.54 Å². The monoisotopic (exact) mass is 370 g/mol. The third-order valence-corrected chi connectivity index (χ3v) is 5.22. The number of nitrogens with zero attached hydrogens (tertiary/aromatic N) is 4. The van der Waals surface area contributed by atoms with Gasteiger partial charge in [-0.1, -0.05) is 9.51 Å². The van der Waals surface area contributed by atoms with Crippen LogP contribution < -0.4 is 4.74 Å². The van der Waals surface area contributed by atoms with Crippen LogP contribution in [0.15, 0.2) is 15.6 Å². The molecular weight excluding hydrogens is 350 g/mol. The lowest BCUT2D eigenvalue weighted by Crippen LogP contribution is -2.33. The number of halogens is 2. The summed E-state index contributed by atoms with van der Waals surface area (Å²) in [5, 5.41) is 3.50. The van der Waals surface area contributed by atoms with Crippen LogP contribution in [0, 0.1) is 11.6 Å². The van der Waals surface area contributed by atoms with Crippen molar-refractivity contribution in [3.63, 3.8) is 0 Å². The highest BCUT2D eigenvalue weighted by atomic mass is 32.2. The van der Waals surface area contributed by atoms with Gasteiger partial charge in [0, 0.05) is 16.9 Å². The number of azide groups is 1. The van der Waals surface area contributed by atoms with Crippen molar-refractivity contribution in [2.24, 2.45) is 9.51 Å². The molecule has 1 aliphatic heterocycles. The van der Waals surface area contributed by atoms with Gasteiger partial charge in [-0.25, -0.2) is 8.78 Å². The molecule has 1 heterocycles. The van der Waals surface area contributed by atoms with E-state index in [4.69, 9.17) is 10.3 Å². The summed E-state index contributed by atoms with van der Waals surface area (Å²) >= 11 is -1.63. The van der Waals surface area contributed by atoms with Gasteiger partial charge in [0.2, 0.25) is 0 Å². The summed E-state index contributed by atoms with van der Waals surface area (Å²) in [5.74, 6) is -1.97. The second-order valence-electron chi connectivity index (χ2n) is 7.19. The number of benzene rings is 1. The van der Waals surface area contributed by atoms with Crippen molar-refractivity contribution in [2.45, 2.75) is 51.4 Å². The molecule has 136 valence electrons. The fourth-order valence-corrected chi connectivity index (χ4v) is 3.11. The highest BCUT2D eigenvalue weighted by Gasteiger charge is 2.39. The average Bonchev–Trinajstić information content (AvgIpc) is 2.81. The number of rotatable bonds is 4. The molecule has 0 bridgehead atoms. The first-order valence-corrected chi connectivity index (χ1v) is 8.77. The van der Waals surface area contributed by atoms with E-state index in [1.165, 1.54) is 6.92 Å². The van der Waals surface area contributed by atoms with Crippen molar-refractivity contribution in [3.05, 3.63) is 39.3 Å². The molecule has 0 amide bonds. The lowest BCUT2D eigenvalue weighted by molar-refractivity contribution is 0.125. The van der Waals surface area contributed by atoms with Crippen LogP contribution in [-0.4, -0.2) is 27.2 Å². The van der Waals surface area contributed by atoms with E-state index in [-0.39, 0.29) is 30.0 Å². The van der Waals surface area contributed by atoms with Gasteiger partial charge in [0.15, 0.2) is 11.6 Å². The predicted molar refractivity (Wildman–Crippen MR) is 93.2 cm³/mol. The van der Waals surface area contributed by atoms with Crippen LogP contribution in [0.3, 0.4) is 0 Å². The van der Waals surface area contributed by atoms with E-state index < -0.39 is 33.3 Å². The molecule has 0 saturated heterocycles. The van der Waals surface area contributed by atoms with E-state index in [1.807, 2.05) is 0 Å². The van der Waals surface area contributed by atoms with Gasteiger partial charge in [0.1, 0.15) is 33.2 Å². The Bertz CT molecular complexity index is 772. The largest absolute Gasteiger partial charge is 0.591 e. The molecule has 2 rings (SSSR count). The lowest BCUT2D eigenvalue weighted by atomic mass is 9.97. The van der Waals surface area contributed by atoms with E-state index in [0.717, 1.165) is 6.07 Å². The van der Waals surface area contributed by atoms with Crippen LogP contribution in [0.5, 0.6) is 5.75 Å². The normalized spacial score (nSPS) is 21.4. The minimum Gasteiger partial charge on any atom is -0.591 e. The Kier molecular flexibility index (Phi) is 5.32. The highest BCUT2D eigenvalue weighted by molar-refractivity contribution is 7.91. The topological polar surface area (TPSA) is 93.4 Å². The minimum atomic E-state index is -1.63. The van der Waals surface area contributed by atoms with Crippen LogP contribution in [0.25, 0.3) is 10.4 Å². The molecule has 25 heavy (non-hydrogen) atoms. The zero-order chi connectivity index (χ0) is 19.0. The number of hydrogen-bond acceptors (Lipinski definition) is 4. The Balaban J connectivity index is 2.52. The Morgan fingerprint density at radius 2 is 2.12 bits per heavy atom. The van der Waals surface area contributed by atoms with Crippen molar-refractivity contribution in [1.29, 1.82) is 0 Å². The Labute approximate surface area is 148 Å². The van der Waals surface area contributed by atoms with Crippen molar-refractivity contribution >= 4 is 17.1 Å². The molecule has 1 aromatic rings. The summed E-state index contributed by atoms with van der Waals surface area (Å²) in [4.78, 5) is 2.70. The number of hydrogen-bond donors (Lipinski definition) is 0. The molecule has 0 N–H and O–H groups in total. The summed E-state index contributed by atoms with van der Waals surface area (Å²) in [6, 6.07) is 1.07. The molecule has 1 aliphatic rings. The fraction of sp³-hybridized carbons (Fsp3) is 0.562. The summed E-state index contributed by atoms with van der Waals surface area (Å²) in [7, 11) is 0. The lowest BCUT2D eigenvalue weighted by Gasteiger charge is -2.22. The van der Waals surface area contributed by atoms with Crippen molar-refractivity contribution in [1.82, 2.24) is 0 Å². The summed E-state index contributed by atoms with van der Waals surface area (Å²) in [6.45, 7) is 8.39. The molecule has 0 unspecified atom stereocenters. The zero-order valence-corrected chi connectivity index (χ0v) is 15.6. The van der Waals surface area contributed by atoms with Gasteiger partial charge in [-0.3, -0.25) is 0 Å². The van der Waals surface area contributed by atoms with Gasteiger partial charge in [-0.05, 0) is 46.2 Å². The van der Waals surface area contributed by atoms with Gasteiger partial charge < -0.3 is 9.29 Å². The summed E-state index contributed by atoms with van der Waals surface area (Å²) in [5.41, 5.74) is 8.01. The predicted octanol–water partition coefficient (Wildman–Crippen LogP) is 4.24. The standard InChI is InChI=1S/C16H20F2N4O2S/c1-9(21-25(23)15(2,3)4)12-13(18)11(17)6-10-7-16(5,8-20-22-19)24-14(10)12/h6H,7-8H2,1-5H3/t16-,25-/m1/s1. The van der Waals surface area contributed by atoms with E-state index in [0.29, 0.717) is 5.56 Å². The van der Waals surface area contributed by atoms with E-state index >= 15 is 0 Å². The van der Waals surface area contributed by atoms with Gasteiger partial charge in [0.25, 0.3) is 0 Å².